The molecule has 0 heterocycles. The predicted molar refractivity (Wildman–Crippen MR) is 46.3 cm³/mol. The summed E-state index contributed by atoms with van der Waals surface area (Å²) in [6.45, 7) is 6.23. The maximum absolute atomic E-state index is 12.7. The number of halogens is 3. The summed E-state index contributed by atoms with van der Waals surface area (Å²) in [5, 5.41) is 0. The minimum Gasteiger partial charge on any atom is -0.170 e. The van der Waals surface area contributed by atoms with Gasteiger partial charge in [-0.25, -0.2) is 0 Å². The van der Waals surface area contributed by atoms with Gasteiger partial charge in [-0.15, -0.1) is 0 Å². The van der Waals surface area contributed by atoms with Gasteiger partial charge >= 0.3 is 6.18 Å². The Bertz CT molecular complexity index is 294. The fraction of sp³-hybridized carbons (Fsp3) is 0.600. The smallest absolute Gasteiger partial charge is 0.170 e. The van der Waals surface area contributed by atoms with Gasteiger partial charge in [-0.3, -0.25) is 0 Å². The van der Waals surface area contributed by atoms with E-state index in [1.165, 1.54) is 13.0 Å². The van der Waals surface area contributed by atoms with Gasteiger partial charge in [0.05, 0.1) is 0 Å². The van der Waals surface area contributed by atoms with Gasteiger partial charge in [-0.2, -0.15) is 13.2 Å². The second kappa shape index (κ2) is 2.63. The number of alkyl halides is 3. The van der Waals surface area contributed by atoms with E-state index in [1.54, 1.807) is 20.8 Å². The summed E-state index contributed by atoms with van der Waals surface area (Å²) < 4.78 is 38.0. The van der Waals surface area contributed by atoms with E-state index in [0.29, 0.717) is 5.57 Å². The Labute approximate surface area is 76.1 Å². The molecule has 1 unspecified atom stereocenters. The minimum absolute atomic E-state index is 0.414. The highest BCUT2D eigenvalue weighted by atomic mass is 19.4. The lowest BCUT2D eigenvalue weighted by Gasteiger charge is -2.27. The van der Waals surface area contributed by atoms with Crippen LogP contribution in [0.4, 0.5) is 13.2 Å². The summed E-state index contributed by atoms with van der Waals surface area (Å²) in [5.74, 6) is 0. The van der Waals surface area contributed by atoms with Crippen LogP contribution in [-0.2, 0) is 0 Å². The quantitative estimate of drug-likeness (QED) is 0.544. The molecule has 0 radical (unpaired) electrons. The Morgan fingerprint density at radius 1 is 1.15 bits per heavy atom. The molecule has 74 valence electrons. The SMILES string of the molecule is CC1=CC(C)(C(F)(F)F)C(C)=C1C. The zero-order chi connectivity index (χ0) is 10.4. The highest BCUT2D eigenvalue weighted by Crippen LogP contribution is 2.51. The van der Waals surface area contributed by atoms with Crippen LogP contribution in [0.2, 0.25) is 0 Å². The first-order valence-electron chi connectivity index (χ1n) is 4.14. The van der Waals surface area contributed by atoms with Crippen LogP contribution in [0.15, 0.2) is 22.8 Å². The summed E-state index contributed by atoms with van der Waals surface area (Å²) >= 11 is 0. The van der Waals surface area contributed by atoms with Gasteiger partial charge in [0, 0.05) is 0 Å². The van der Waals surface area contributed by atoms with Crippen molar-refractivity contribution in [2.24, 2.45) is 5.41 Å². The lowest BCUT2D eigenvalue weighted by atomic mass is 9.84. The van der Waals surface area contributed by atoms with Crippen LogP contribution in [0, 0.1) is 5.41 Å². The maximum atomic E-state index is 12.7. The molecular weight excluding hydrogens is 177 g/mol. The molecule has 0 nitrogen and oxygen atoms in total. The molecule has 0 aromatic rings. The molecule has 0 aliphatic heterocycles. The summed E-state index contributed by atoms with van der Waals surface area (Å²) in [6.07, 6.45) is -2.88. The molecule has 0 spiro atoms. The van der Waals surface area contributed by atoms with Crippen molar-refractivity contribution >= 4 is 0 Å². The second-order valence-corrected chi connectivity index (χ2v) is 3.78. The van der Waals surface area contributed by atoms with E-state index < -0.39 is 11.6 Å². The Kier molecular flexibility index (Phi) is 2.09. The van der Waals surface area contributed by atoms with E-state index in [-0.39, 0.29) is 0 Å². The molecule has 1 aliphatic rings. The zero-order valence-corrected chi connectivity index (χ0v) is 8.21. The Hall–Kier alpha value is -0.730. The molecular formula is C10H13F3. The lowest BCUT2D eigenvalue weighted by Crippen LogP contribution is -2.33. The molecule has 0 aromatic heterocycles. The average molecular weight is 190 g/mol. The van der Waals surface area contributed by atoms with E-state index in [2.05, 4.69) is 0 Å². The molecule has 0 amide bonds. The van der Waals surface area contributed by atoms with Crippen molar-refractivity contribution in [2.75, 3.05) is 0 Å². The topological polar surface area (TPSA) is 0 Å². The lowest BCUT2D eigenvalue weighted by molar-refractivity contribution is -0.186. The molecule has 1 atom stereocenters. The van der Waals surface area contributed by atoms with E-state index in [1.807, 2.05) is 0 Å². The maximum Gasteiger partial charge on any atom is 0.401 e. The Morgan fingerprint density at radius 3 is 1.77 bits per heavy atom. The summed E-state index contributed by atoms with van der Waals surface area (Å²) in [7, 11) is 0. The van der Waals surface area contributed by atoms with E-state index in [9.17, 15) is 13.2 Å². The number of hydrogen-bond acceptors (Lipinski definition) is 0. The average Bonchev–Trinajstić information content (AvgIpc) is 2.15. The van der Waals surface area contributed by atoms with Crippen LogP contribution in [0.3, 0.4) is 0 Å². The summed E-state index contributed by atoms with van der Waals surface area (Å²) in [4.78, 5) is 0. The summed E-state index contributed by atoms with van der Waals surface area (Å²) in [6, 6.07) is 0. The zero-order valence-electron chi connectivity index (χ0n) is 8.21. The molecule has 0 fully saturated rings. The number of rotatable bonds is 0. The van der Waals surface area contributed by atoms with Gasteiger partial charge in [-0.1, -0.05) is 17.2 Å². The van der Waals surface area contributed by atoms with Crippen LogP contribution in [0.25, 0.3) is 0 Å². The Balaban J connectivity index is 3.25. The normalized spacial score (nSPS) is 29.6. The van der Waals surface area contributed by atoms with Crippen LogP contribution in [0.5, 0.6) is 0 Å². The van der Waals surface area contributed by atoms with Crippen molar-refractivity contribution in [2.45, 2.75) is 33.9 Å². The largest absolute Gasteiger partial charge is 0.401 e. The number of allylic oxidation sites excluding steroid dienone is 4. The van der Waals surface area contributed by atoms with Gasteiger partial charge < -0.3 is 0 Å². The Morgan fingerprint density at radius 2 is 1.62 bits per heavy atom. The third kappa shape index (κ3) is 1.30. The van der Waals surface area contributed by atoms with Crippen molar-refractivity contribution in [3.63, 3.8) is 0 Å². The molecule has 0 saturated heterocycles. The van der Waals surface area contributed by atoms with Gasteiger partial charge in [0.25, 0.3) is 0 Å². The first kappa shape index (κ1) is 10.4. The van der Waals surface area contributed by atoms with E-state index >= 15 is 0 Å². The van der Waals surface area contributed by atoms with Crippen molar-refractivity contribution < 1.29 is 13.2 Å². The third-order valence-electron chi connectivity index (χ3n) is 3.03. The van der Waals surface area contributed by atoms with Crippen molar-refractivity contribution in [1.82, 2.24) is 0 Å². The van der Waals surface area contributed by atoms with Crippen LogP contribution < -0.4 is 0 Å². The van der Waals surface area contributed by atoms with Gasteiger partial charge in [0.2, 0.25) is 0 Å². The van der Waals surface area contributed by atoms with Crippen LogP contribution >= 0.6 is 0 Å². The van der Waals surface area contributed by atoms with Gasteiger partial charge in [-0.05, 0) is 33.3 Å². The standard InChI is InChI=1S/C10H13F3/c1-6-5-9(4,10(11,12)13)8(3)7(6)2/h5H,1-4H3. The molecule has 0 aromatic carbocycles. The molecule has 3 heteroatoms. The van der Waals surface area contributed by atoms with E-state index in [0.717, 1.165) is 11.1 Å². The first-order chi connectivity index (χ1) is 5.70. The van der Waals surface area contributed by atoms with Crippen LogP contribution in [0.1, 0.15) is 27.7 Å². The molecule has 0 N–H and O–H groups in total. The fourth-order valence-corrected chi connectivity index (χ4v) is 1.63. The number of hydrogen-bond donors (Lipinski definition) is 0. The highest BCUT2D eigenvalue weighted by molar-refractivity contribution is 5.46. The van der Waals surface area contributed by atoms with Crippen molar-refractivity contribution in [1.29, 1.82) is 0 Å². The molecule has 0 bridgehead atoms. The molecule has 1 rings (SSSR count). The monoisotopic (exact) mass is 190 g/mol. The minimum atomic E-state index is -4.18. The van der Waals surface area contributed by atoms with Gasteiger partial charge in [0.15, 0.2) is 0 Å². The van der Waals surface area contributed by atoms with Gasteiger partial charge in [0.1, 0.15) is 5.41 Å². The van der Waals surface area contributed by atoms with E-state index in [4.69, 9.17) is 0 Å². The third-order valence-corrected chi connectivity index (χ3v) is 3.03. The van der Waals surface area contributed by atoms with Crippen molar-refractivity contribution in [3.05, 3.63) is 22.8 Å². The molecule has 1 aliphatic carbocycles. The first-order valence-corrected chi connectivity index (χ1v) is 4.14. The van der Waals surface area contributed by atoms with Crippen molar-refractivity contribution in [3.8, 4) is 0 Å². The van der Waals surface area contributed by atoms with Crippen LogP contribution in [-0.4, -0.2) is 6.18 Å². The highest BCUT2D eigenvalue weighted by Gasteiger charge is 2.53. The molecule has 13 heavy (non-hydrogen) atoms. The summed E-state index contributed by atoms with van der Waals surface area (Å²) in [5.41, 5.74) is 0.163. The second-order valence-electron chi connectivity index (χ2n) is 3.78. The predicted octanol–water partition coefficient (Wildman–Crippen LogP) is 3.85. The molecule has 0 saturated carbocycles. The fourth-order valence-electron chi connectivity index (χ4n) is 1.63.